The Kier molecular flexibility index (Phi) is 9.49. The second kappa shape index (κ2) is 12.6. The molecule has 3 aromatic heterocycles. The summed E-state index contributed by atoms with van der Waals surface area (Å²) >= 11 is 2.52. The first-order valence-electron chi connectivity index (χ1n) is 11.2. The van der Waals surface area contributed by atoms with Gasteiger partial charge in [0.1, 0.15) is 22.1 Å². The van der Waals surface area contributed by atoms with Gasteiger partial charge in [-0.2, -0.15) is 26.6 Å². The van der Waals surface area contributed by atoms with E-state index in [2.05, 4.69) is 25.1 Å². The van der Waals surface area contributed by atoms with Crippen molar-refractivity contribution in [1.82, 2.24) is 29.4 Å². The summed E-state index contributed by atoms with van der Waals surface area (Å²) in [5.74, 6) is 0.648. The molecule has 2 saturated heterocycles. The summed E-state index contributed by atoms with van der Waals surface area (Å²) in [6, 6.07) is 3.71. The molecule has 0 aromatic carbocycles. The third-order valence-electron chi connectivity index (χ3n) is 5.90. The molecule has 2 unspecified atom stereocenters. The number of aromatic nitrogens is 4. The van der Waals surface area contributed by atoms with Gasteiger partial charge in [0.2, 0.25) is 0 Å². The maximum absolute atomic E-state index is 12.8. The molecule has 0 amide bonds. The van der Waals surface area contributed by atoms with Crippen molar-refractivity contribution in [2.24, 2.45) is 11.8 Å². The van der Waals surface area contributed by atoms with Crippen LogP contribution in [-0.2, 0) is 15.6 Å². The molecule has 10 nitrogen and oxygen atoms in total. The molecule has 36 heavy (non-hydrogen) atoms. The number of ether oxygens (including phenoxy) is 1. The van der Waals surface area contributed by atoms with Gasteiger partial charge in [0.25, 0.3) is 11.8 Å². The van der Waals surface area contributed by atoms with Gasteiger partial charge in [0.05, 0.1) is 37.8 Å². The molecule has 15 heteroatoms. The van der Waals surface area contributed by atoms with Gasteiger partial charge in [-0.1, -0.05) is 0 Å². The van der Waals surface area contributed by atoms with Gasteiger partial charge in [-0.3, -0.25) is 4.98 Å². The zero-order chi connectivity index (χ0) is 24.2. The first kappa shape index (κ1) is 27.2. The van der Waals surface area contributed by atoms with Crippen LogP contribution in [0.5, 0.6) is 0 Å². The summed E-state index contributed by atoms with van der Waals surface area (Å²) in [7, 11) is 1.99. The van der Waals surface area contributed by atoms with E-state index in [1.54, 1.807) is 17.5 Å². The number of thiazole rings is 1. The number of rotatable bonds is 11. The minimum atomic E-state index is -2.81. The van der Waals surface area contributed by atoms with Crippen LogP contribution in [0.4, 0.5) is 14.5 Å². The molecule has 0 bridgehead atoms. The number of fused-ring (bicyclic) bond motifs is 1. The average Bonchev–Trinajstić information content (AvgIpc) is 3.64. The van der Waals surface area contributed by atoms with E-state index in [9.17, 15) is 8.78 Å². The van der Waals surface area contributed by atoms with Crippen molar-refractivity contribution < 1.29 is 22.2 Å². The van der Waals surface area contributed by atoms with Crippen LogP contribution in [0.3, 0.4) is 0 Å². The predicted molar refractivity (Wildman–Crippen MR) is 137 cm³/mol. The molecule has 2 fully saturated rings. The molecule has 5 rings (SSSR count). The van der Waals surface area contributed by atoms with E-state index in [0.29, 0.717) is 28.3 Å². The van der Waals surface area contributed by atoms with Crippen LogP contribution in [0.2, 0.25) is 0 Å². The van der Waals surface area contributed by atoms with E-state index >= 15 is 0 Å². The first-order chi connectivity index (χ1) is 17.0. The van der Waals surface area contributed by atoms with Gasteiger partial charge >= 0.3 is 6.43 Å². The topological polar surface area (TPSA) is 92.9 Å². The van der Waals surface area contributed by atoms with E-state index in [-0.39, 0.29) is 19.4 Å². The highest BCUT2D eigenvalue weighted by atomic mass is 32.2. The van der Waals surface area contributed by atoms with E-state index in [1.165, 1.54) is 29.8 Å². The number of likely N-dealkylation sites (tertiary alicyclic amines) is 1. The van der Waals surface area contributed by atoms with Crippen molar-refractivity contribution in [1.29, 1.82) is 0 Å². The van der Waals surface area contributed by atoms with E-state index in [1.807, 2.05) is 23.5 Å². The molecule has 0 saturated carbocycles. The number of alkyl halides is 2. The Morgan fingerprint density at radius 2 is 2.06 bits per heavy atom. The highest BCUT2D eigenvalue weighted by Gasteiger charge is 2.36. The maximum Gasteiger partial charge on any atom is 0.314 e. The summed E-state index contributed by atoms with van der Waals surface area (Å²) in [6.45, 7) is 6.08. The summed E-state index contributed by atoms with van der Waals surface area (Å²) in [5.41, 5.74) is 0.760. The summed E-state index contributed by atoms with van der Waals surface area (Å²) in [5, 5.41) is 9.43. The molecule has 5 heterocycles. The number of hydrogen-bond acceptors (Lipinski definition) is 12. The lowest BCUT2D eigenvalue weighted by Gasteiger charge is -2.25. The van der Waals surface area contributed by atoms with E-state index < -0.39 is 12.3 Å². The van der Waals surface area contributed by atoms with Gasteiger partial charge in [0.15, 0.2) is 0 Å². The molecule has 196 valence electrons. The average molecular weight is 560 g/mol. The second-order valence-electron chi connectivity index (χ2n) is 8.43. The number of nitrogens with zero attached hydrogens (tertiary/aromatic N) is 7. The Hall–Kier alpha value is -1.88. The van der Waals surface area contributed by atoms with Gasteiger partial charge in [-0.15, -0.1) is 21.5 Å². The molecule has 2 aliphatic rings. The van der Waals surface area contributed by atoms with E-state index in [4.69, 9.17) is 13.4 Å². The van der Waals surface area contributed by atoms with Crippen LogP contribution in [0.15, 0.2) is 35.1 Å². The summed E-state index contributed by atoms with van der Waals surface area (Å²) in [6.07, 6.45) is 2.11. The van der Waals surface area contributed by atoms with Crippen LogP contribution in [0, 0.1) is 11.8 Å². The number of likely N-dealkylation sites (N-methyl/N-ethyl adjacent to an activating group) is 1. The van der Waals surface area contributed by atoms with Crippen LogP contribution >= 0.6 is 37.1 Å². The number of pyridine rings is 1. The summed E-state index contributed by atoms with van der Waals surface area (Å²) < 4.78 is 44.2. The lowest BCUT2D eigenvalue weighted by Crippen LogP contribution is -2.31. The molecule has 0 spiro atoms. The lowest BCUT2D eigenvalue weighted by atomic mass is 10.0. The van der Waals surface area contributed by atoms with Gasteiger partial charge in [-0.05, 0) is 19.2 Å². The molecule has 0 radical (unpaired) electrons. The van der Waals surface area contributed by atoms with Crippen molar-refractivity contribution in [3.63, 3.8) is 0 Å². The zero-order valence-corrected chi connectivity index (χ0v) is 22.1. The normalized spacial score (nSPS) is 19.7. The smallest absolute Gasteiger partial charge is 0.314 e. The lowest BCUT2D eigenvalue weighted by molar-refractivity contribution is 0.116. The molecule has 2 atom stereocenters. The third kappa shape index (κ3) is 6.70. The quantitative estimate of drug-likeness (QED) is 0.196. The van der Waals surface area contributed by atoms with Crippen LogP contribution in [-0.4, -0.2) is 75.8 Å². The monoisotopic (exact) mass is 559 g/mol. The Balaban J connectivity index is 0.00000304. The van der Waals surface area contributed by atoms with Crippen molar-refractivity contribution in [2.45, 2.75) is 13.0 Å². The van der Waals surface area contributed by atoms with Crippen molar-refractivity contribution >= 4 is 42.7 Å². The largest absolute Gasteiger partial charge is 0.414 e. The molecule has 2 aliphatic heterocycles. The molecule has 3 aromatic rings. The minimum Gasteiger partial charge on any atom is -0.414 e. The summed E-state index contributed by atoms with van der Waals surface area (Å²) in [4.78, 5) is 11.6. The fourth-order valence-corrected chi connectivity index (χ4v) is 5.38. The fraction of sp³-hybridized carbons (Fsp3) is 0.524. The fourth-order valence-electron chi connectivity index (χ4n) is 4.07. The second-order valence-corrected chi connectivity index (χ2v) is 10.5. The number of halogens is 2. The SMILES string of the molecule is CN(CCN1CC2COCC2C1)SON(Cc1ncc(-c2nnc(C(F)F)o2)s1)c1cccnc1.S. The van der Waals surface area contributed by atoms with E-state index in [0.717, 1.165) is 45.1 Å². The highest BCUT2D eigenvalue weighted by molar-refractivity contribution is 7.92. The Bertz CT molecular complexity index is 1080. The van der Waals surface area contributed by atoms with Crippen molar-refractivity contribution in [3.05, 3.63) is 41.6 Å². The predicted octanol–water partition coefficient (Wildman–Crippen LogP) is 3.65. The third-order valence-corrected chi connectivity index (χ3v) is 7.56. The van der Waals surface area contributed by atoms with Gasteiger partial charge in [0, 0.05) is 44.2 Å². The van der Waals surface area contributed by atoms with Crippen LogP contribution in [0.1, 0.15) is 17.3 Å². The van der Waals surface area contributed by atoms with Gasteiger partial charge in [-0.25, -0.2) is 14.4 Å². The molecule has 0 N–H and O–H groups in total. The van der Waals surface area contributed by atoms with Gasteiger partial charge < -0.3 is 14.1 Å². The maximum atomic E-state index is 12.8. The van der Waals surface area contributed by atoms with Crippen LogP contribution < -0.4 is 5.06 Å². The number of hydroxylamine groups is 1. The Morgan fingerprint density at radius 3 is 2.75 bits per heavy atom. The van der Waals surface area contributed by atoms with Crippen LogP contribution in [0.25, 0.3) is 10.8 Å². The Morgan fingerprint density at radius 1 is 1.25 bits per heavy atom. The zero-order valence-electron chi connectivity index (χ0n) is 19.5. The first-order valence-corrected chi connectivity index (χ1v) is 12.7. The molecule has 0 aliphatic carbocycles. The van der Waals surface area contributed by atoms with Crippen molar-refractivity contribution in [3.8, 4) is 10.8 Å². The molecular formula is C21H27F2N7O3S3. The minimum absolute atomic E-state index is 0. The van der Waals surface area contributed by atoms with Crippen molar-refractivity contribution in [2.75, 3.05) is 51.5 Å². The Labute approximate surface area is 222 Å². The number of anilines is 1. The number of hydrogen-bond donors (Lipinski definition) is 0. The standard InChI is InChI=1S/C21H25F2N7O3S2.H2S/c1-28(5-6-29-9-14-12-31-13-15(14)10-29)35-33-30(16-3-2-4-24-7-16)11-18-25-8-17(34-18)20-26-27-21(32-20)19(22)23;/h2-4,7-8,14-15,19H,5-6,9-13H2,1H3;1H2. The highest BCUT2D eigenvalue weighted by Crippen LogP contribution is 2.31. The molecular weight excluding hydrogens is 532 g/mol.